The number of nitrogens with zero attached hydrogens (tertiary/aromatic N) is 1. The fourth-order valence-corrected chi connectivity index (χ4v) is 5.08. The number of carbonyl (C=O) groups excluding carboxylic acids is 2. The fourth-order valence-electron chi connectivity index (χ4n) is 5.08. The van der Waals surface area contributed by atoms with Gasteiger partial charge in [-0.2, -0.15) is 0 Å². The molecule has 4 rings (SSSR count). The first-order chi connectivity index (χ1) is 19.0. The molecule has 1 saturated heterocycles. The van der Waals surface area contributed by atoms with Crippen LogP contribution in [0.25, 0.3) is 6.08 Å². The summed E-state index contributed by atoms with van der Waals surface area (Å²) in [5.41, 5.74) is 10.4. The minimum atomic E-state index is -0.326. The van der Waals surface area contributed by atoms with Gasteiger partial charge in [-0.3, -0.25) is 9.59 Å². The summed E-state index contributed by atoms with van der Waals surface area (Å²) >= 11 is 0. The minimum absolute atomic E-state index is 0.00894. The maximum atomic E-state index is 13.7. The summed E-state index contributed by atoms with van der Waals surface area (Å²) in [6.07, 6.45) is 5.57. The second-order valence-corrected chi connectivity index (χ2v) is 10.3. The summed E-state index contributed by atoms with van der Waals surface area (Å²) in [5.74, 6) is 0.0413. The van der Waals surface area contributed by atoms with Gasteiger partial charge in [0, 0.05) is 37.7 Å². The van der Waals surface area contributed by atoms with Crippen LogP contribution in [-0.4, -0.2) is 55.0 Å². The highest BCUT2D eigenvalue weighted by Crippen LogP contribution is 2.27. The van der Waals surface area contributed by atoms with Gasteiger partial charge in [-0.1, -0.05) is 90.5 Å². The number of amides is 2. The van der Waals surface area contributed by atoms with Gasteiger partial charge in [0.15, 0.2) is 0 Å². The average molecular weight is 525 g/mol. The van der Waals surface area contributed by atoms with Crippen LogP contribution in [0.5, 0.6) is 0 Å². The quantitative estimate of drug-likeness (QED) is 0.327. The van der Waals surface area contributed by atoms with Crippen molar-refractivity contribution >= 4 is 17.9 Å². The molecule has 3 aromatic rings. The normalized spacial score (nSPS) is 17.9. The van der Waals surface area contributed by atoms with E-state index in [1.54, 1.807) is 6.08 Å². The predicted molar refractivity (Wildman–Crippen MR) is 158 cm³/mol. The zero-order chi connectivity index (χ0) is 27.5. The van der Waals surface area contributed by atoms with Crippen LogP contribution < -0.4 is 16.4 Å². The van der Waals surface area contributed by atoms with Gasteiger partial charge in [0.05, 0.1) is 6.04 Å². The second-order valence-electron chi connectivity index (χ2n) is 10.3. The molecule has 4 N–H and O–H groups in total. The lowest BCUT2D eigenvalue weighted by atomic mass is 9.90. The molecule has 1 aliphatic heterocycles. The number of nitrogens with one attached hydrogen (secondary N) is 2. The van der Waals surface area contributed by atoms with Crippen LogP contribution in [-0.2, 0) is 9.59 Å². The minimum Gasteiger partial charge on any atom is -0.351 e. The Morgan fingerprint density at radius 2 is 1.67 bits per heavy atom. The lowest BCUT2D eigenvalue weighted by molar-refractivity contribution is -0.133. The summed E-state index contributed by atoms with van der Waals surface area (Å²) in [5, 5.41) is 6.55. The molecule has 0 bridgehead atoms. The summed E-state index contributed by atoms with van der Waals surface area (Å²) in [7, 11) is 0. The van der Waals surface area contributed by atoms with Crippen LogP contribution in [0, 0.1) is 6.92 Å². The summed E-state index contributed by atoms with van der Waals surface area (Å²) in [6, 6.07) is 28.5. The second kappa shape index (κ2) is 14.4. The van der Waals surface area contributed by atoms with Gasteiger partial charge >= 0.3 is 0 Å². The van der Waals surface area contributed by atoms with E-state index < -0.39 is 0 Å². The van der Waals surface area contributed by atoms with Gasteiger partial charge in [0.2, 0.25) is 11.8 Å². The van der Waals surface area contributed by atoms with Crippen molar-refractivity contribution in [3.63, 3.8) is 0 Å². The highest BCUT2D eigenvalue weighted by atomic mass is 16.2. The standard InChI is InChI=1S/C33H40N4O2/c1-25-14-16-26(17-15-25)18-19-32(38)35-23-29-20-22-37(33(39)31(36-29)13-8-21-34)24-30(27-9-4-2-5-10-27)28-11-6-3-7-12-28/h2-7,9-12,14-19,29-31,36H,8,13,20-24,34H2,1H3,(H,35,38). The van der Waals surface area contributed by atoms with Crippen LogP contribution >= 0.6 is 0 Å². The number of hydrogen-bond donors (Lipinski definition) is 3. The monoisotopic (exact) mass is 524 g/mol. The first-order valence-corrected chi connectivity index (χ1v) is 13.9. The maximum absolute atomic E-state index is 13.7. The molecule has 1 heterocycles. The molecule has 3 aromatic carbocycles. The van der Waals surface area contributed by atoms with Crippen molar-refractivity contribution in [3.8, 4) is 0 Å². The Bertz CT molecular complexity index is 1170. The van der Waals surface area contributed by atoms with Crippen molar-refractivity contribution in [2.24, 2.45) is 5.73 Å². The van der Waals surface area contributed by atoms with E-state index in [2.05, 4.69) is 34.9 Å². The topological polar surface area (TPSA) is 87.5 Å². The molecule has 6 nitrogen and oxygen atoms in total. The van der Waals surface area contributed by atoms with Crippen molar-refractivity contribution in [3.05, 3.63) is 113 Å². The van der Waals surface area contributed by atoms with Crippen LogP contribution in [0.2, 0.25) is 0 Å². The highest BCUT2D eigenvalue weighted by Gasteiger charge is 2.32. The van der Waals surface area contributed by atoms with Crippen molar-refractivity contribution in [2.45, 2.75) is 44.2 Å². The molecular formula is C33H40N4O2. The van der Waals surface area contributed by atoms with Crippen LogP contribution in [0.1, 0.15) is 47.4 Å². The van der Waals surface area contributed by atoms with Gasteiger partial charge in [-0.15, -0.1) is 0 Å². The molecule has 0 spiro atoms. The third-order valence-electron chi connectivity index (χ3n) is 7.33. The molecule has 0 radical (unpaired) electrons. The van der Waals surface area contributed by atoms with Gasteiger partial charge < -0.3 is 21.3 Å². The van der Waals surface area contributed by atoms with Crippen LogP contribution in [0.4, 0.5) is 0 Å². The third kappa shape index (κ3) is 8.37. The Balaban J connectivity index is 1.44. The molecule has 2 atom stereocenters. The van der Waals surface area contributed by atoms with Crippen molar-refractivity contribution in [2.75, 3.05) is 26.2 Å². The Labute approximate surface area is 232 Å². The molecule has 2 amide bonds. The fraction of sp³-hybridized carbons (Fsp3) is 0.333. The Hall–Kier alpha value is -3.74. The zero-order valence-electron chi connectivity index (χ0n) is 22.8. The van der Waals surface area contributed by atoms with Gasteiger partial charge in [-0.05, 0) is 55.5 Å². The summed E-state index contributed by atoms with van der Waals surface area (Å²) in [4.78, 5) is 28.3. The van der Waals surface area contributed by atoms with Gasteiger partial charge in [0.1, 0.15) is 0 Å². The number of rotatable bonds is 11. The molecule has 6 heteroatoms. The first-order valence-electron chi connectivity index (χ1n) is 13.9. The van der Waals surface area contributed by atoms with Crippen molar-refractivity contribution in [1.29, 1.82) is 0 Å². The number of carbonyl (C=O) groups is 2. The third-order valence-corrected chi connectivity index (χ3v) is 7.33. The SMILES string of the molecule is Cc1ccc(C=CC(=O)NCC2CCN(CC(c3ccccc3)c3ccccc3)C(=O)C(CCCN)N2)cc1. The molecule has 1 fully saturated rings. The summed E-state index contributed by atoms with van der Waals surface area (Å²) in [6.45, 7) is 4.26. The van der Waals surface area contributed by atoms with E-state index in [0.29, 0.717) is 32.6 Å². The predicted octanol–water partition coefficient (Wildman–Crippen LogP) is 4.25. The molecule has 39 heavy (non-hydrogen) atoms. The van der Waals surface area contributed by atoms with E-state index in [-0.39, 0.29) is 29.8 Å². The Morgan fingerprint density at radius 1 is 1.03 bits per heavy atom. The van der Waals surface area contributed by atoms with E-state index >= 15 is 0 Å². The molecule has 204 valence electrons. The van der Waals surface area contributed by atoms with E-state index in [1.165, 1.54) is 16.7 Å². The lowest BCUT2D eigenvalue weighted by Crippen LogP contribution is -2.49. The first kappa shape index (κ1) is 28.3. The van der Waals surface area contributed by atoms with E-state index in [9.17, 15) is 9.59 Å². The highest BCUT2D eigenvalue weighted by molar-refractivity contribution is 5.91. The van der Waals surface area contributed by atoms with Crippen LogP contribution in [0.3, 0.4) is 0 Å². The van der Waals surface area contributed by atoms with E-state index in [0.717, 1.165) is 18.4 Å². The summed E-state index contributed by atoms with van der Waals surface area (Å²) < 4.78 is 0. The number of aryl methyl sites for hydroxylation is 1. The van der Waals surface area contributed by atoms with Gasteiger partial charge in [0.25, 0.3) is 0 Å². The maximum Gasteiger partial charge on any atom is 0.244 e. The van der Waals surface area contributed by atoms with E-state index in [1.807, 2.05) is 78.6 Å². The molecule has 2 unspecified atom stereocenters. The zero-order valence-corrected chi connectivity index (χ0v) is 22.8. The smallest absolute Gasteiger partial charge is 0.244 e. The van der Waals surface area contributed by atoms with Crippen LogP contribution in [0.15, 0.2) is 91.0 Å². The average Bonchev–Trinajstić information content (AvgIpc) is 3.12. The molecular weight excluding hydrogens is 484 g/mol. The molecule has 0 aliphatic carbocycles. The number of hydrogen-bond acceptors (Lipinski definition) is 4. The largest absolute Gasteiger partial charge is 0.351 e. The number of benzene rings is 3. The Morgan fingerprint density at radius 3 is 2.28 bits per heavy atom. The Kier molecular flexibility index (Phi) is 10.5. The molecule has 1 aliphatic rings. The number of nitrogens with two attached hydrogens (primary N) is 1. The van der Waals surface area contributed by atoms with Gasteiger partial charge in [-0.25, -0.2) is 0 Å². The molecule has 0 aromatic heterocycles. The lowest BCUT2D eigenvalue weighted by Gasteiger charge is -2.29. The van der Waals surface area contributed by atoms with E-state index in [4.69, 9.17) is 5.73 Å². The van der Waals surface area contributed by atoms with Crippen molar-refractivity contribution < 1.29 is 9.59 Å². The molecule has 0 saturated carbocycles. The van der Waals surface area contributed by atoms with Crippen molar-refractivity contribution in [1.82, 2.24) is 15.5 Å².